The summed E-state index contributed by atoms with van der Waals surface area (Å²) in [6, 6.07) is 14.2. The van der Waals surface area contributed by atoms with Gasteiger partial charge >= 0.3 is 0 Å². The van der Waals surface area contributed by atoms with Crippen LogP contribution in [0, 0.1) is 5.82 Å². The Balaban J connectivity index is 1.50. The number of rotatable bonds is 8. The van der Waals surface area contributed by atoms with Gasteiger partial charge in [0.05, 0.1) is 22.4 Å². The molecule has 0 fully saturated rings. The minimum atomic E-state index is -3.97. The first-order valence-electron chi connectivity index (χ1n) is 10.4. The smallest absolute Gasteiger partial charge is 0.244 e. The first kappa shape index (κ1) is 24.3. The van der Waals surface area contributed by atoms with Gasteiger partial charge in [0.2, 0.25) is 10.0 Å². The Labute approximate surface area is 206 Å². The predicted octanol–water partition coefficient (Wildman–Crippen LogP) is 5.22. The van der Waals surface area contributed by atoms with E-state index in [2.05, 4.69) is 15.1 Å². The van der Waals surface area contributed by atoms with E-state index in [-0.39, 0.29) is 26.4 Å². The molecular formula is C23H22Cl2FN5O2S. The molecule has 0 saturated carbocycles. The Morgan fingerprint density at radius 2 is 1.91 bits per heavy atom. The average Bonchev–Trinajstić information content (AvgIpc) is 3.19. The first-order valence-corrected chi connectivity index (χ1v) is 12.7. The summed E-state index contributed by atoms with van der Waals surface area (Å²) >= 11 is 12.0. The van der Waals surface area contributed by atoms with Gasteiger partial charge in [0.15, 0.2) is 0 Å². The van der Waals surface area contributed by atoms with E-state index in [0.29, 0.717) is 18.7 Å². The number of hydrogen-bond acceptors (Lipinski definition) is 5. The van der Waals surface area contributed by atoms with Crippen molar-refractivity contribution in [3.63, 3.8) is 0 Å². The highest BCUT2D eigenvalue weighted by molar-refractivity contribution is 7.89. The quantitative estimate of drug-likeness (QED) is 0.276. The number of nitrogen functional groups attached to an aromatic ring is 1. The van der Waals surface area contributed by atoms with Crippen molar-refractivity contribution >= 4 is 55.5 Å². The molecule has 0 radical (unpaired) electrons. The van der Waals surface area contributed by atoms with Crippen LogP contribution in [0.25, 0.3) is 16.6 Å². The molecule has 178 valence electrons. The summed E-state index contributed by atoms with van der Waals surface area (Å²) in [6.07, 6.45) is 2.17. The van der Waals surface area contributed by atoms with Gasteiger partial charge in [-0.2, -0.15) is 5.10 Å². The van der Waals surface area contributed by atoms with Crippen LogP contribution in [0.5, 0.6) is 0 Å². The van der Waals surface area contributed by atoms with Gasteiger partial charge in [0.1, 0.15) is 16.4 Å². The Morgan fingerprint density at radius 3 is 2.62 bits per heavy atom. The number of sulfonamides is 1. The van der Waals surface area contributed by atoms with Crippen LogP contribution < -0.4 is 15.8 Å². The lowest BCUT2D eigenvalue weighted by Crippen LogP contribution is -2.39. The summed E-state index contributed by atoms with van der Waals surface area (Å²) in [6.45, 7) is 2.18. The number of para-hydroxylation sites is 1. The molecule has 1 atom stereocenters. The highest BCUT2D eigenvalue weighted by Crippen LogP contribution is 2.31. The Bertz CT molecular complexity index is 1440. The van der Waals surface area contributed by atoms with E-state index in [1.165, 1.54) is 22.9 Å². The normalized spacial score (nSPS) is 12.7. The molecule has 0 bridgehead atoms. The van der Waals surface area contributed by atoms with E-state index < -0.39 is 16.1 Å². The van der Waals surface area contributed by atoms with Gasteiger partial charge < -0.3 is 11.1 Å². The van der Waals surface area contributed by atoms with Crippen molar-refractivity contribution in [3.8, 4) is 5.69 Å². The zero-order valence-electron chi connectivity index (χ0n) is 18.1. The number of nitrogens with two attached hydrogens (primary N) is 1. The van der Waals surface area contributed by atoms with Crippen LogP contribution in [-0.4, -0.2) is 30.8 Å². The zero-order chi connectivity index (χ0) is 24.5. The fourth-order valence-corrected chi connectivity index (χ4v) is 5.92. The summed E-state index contributed by atoms with van der Waals surface area (Å²) in [7, 11) is -3.97. The molecule has 1 aromatic heterocycles. The maximum Gasteiger partial charge on any atom is 0.244 e. The van der Waals surface area contributed by atoms with Gasteiger partial charge in [-0.05, 0) is 48.9 Å². The van der Waals surface area contributed by atoms with E-state index in [9.17, 15) is 12.8 Å². The van der Waals surface area contributed by atoms with Crippen molar-refractivity contribution in [1.82, 2.24) is 14.5 Å². The SMILES string of the molecule is CCC(CNc1ccc2c(cnn2-c2ccccc2F)c1)NS(=O)(=O)c1c(N)cc(Cl)cc1Cl. The first-order chi connectivity index (χ1) is 16.2. The molecule has 0 aliphatic carbocycles. The fourth-order valence-electron chi connectivity index (χ4n) is 3.61. The molecule has 0 aliphatic rings. The van der Waals surface area contributed by atoms with Gasteiger partial charge in [0.25, 0.3) is 0 Å². The molecule has 4 N–H and O–H groups in total. The molecule has 3 aromatic carbocycles. The third-order valence-electron chi connectivity index (χ3n) is 5.32. The van der Waals surface area contributed by atoms with E-state index in [4.69, 9.17) is 28.9 Å². The van der Waals surface area contributed by atoms with Crippen LogP contribution in [0.4, 0.5) is 15.8 Å². The maximum atomic E-state index is 14.2. The van der Waals surface area contributed by atoms with Crippen LogP contribution in [0.3, 0.4) is 0 Å². The lowest BCUT2D eigenvalue weighted by molar-refractivity contribution is 0.548. The number of anilines is 2. The van der Waals surface area contributed by atoms with Crippen LogP contribution in [0.15, 0.2) is 65.7 Å². The Morgan fingerprint density at radius 1 is 1.15 bits per heavy atom. The number of fused-ring (bicyclic) bond motifs is 1. The van der Waals surface area contributed by atoms with Crippen LogP contribution in [-0.2, 0) is 10.0 Å². The van der Waals surface area contributed by atoms with E-state index >= 15 is 0 Å². The van der Waals surface area contributed by atoms with Gasteiger partial charge in [-0.3, -0.25) is 0 Å². The monoisotopic (exact) mass is 521 g/mol. The molecular weight excluding hydrogens is 500 g/mol. The van der Waals surface area contributed by atoms with Crippen LogP contribution >= 0.6 is 23.2 Å². The van der Waals surface area contributed by atoms with Crippen molar-refractivity contribution in [3.05, 3.63) is 76.7 Å². The van der Waals surface area contributed by atoms with Crippen LogP contribution in [0.1, 0.15) is 13.3 Å². The second-order valence-corrected chi connectivity index (χ2v) is 10.2. The second kappa shape index (κ2) is 9.79. The van der Waals surface area contributed by atoms with Crippen molar-refractivity contribution in [1.29, 1.82) is 0 Å². The molecule has 0 saturated heterocycles. The van der Waals surface area contributed by atoms with Crippen molar-refractivity contribution in [2.24, 2.45) is 0 Å². The van der Waals surface area contributed by atoms with E-state index in [1.807, 2.05) is 25.1 Å². The molecule has 1 heterocycles. The number of benzene rings is 3. The zero-order valence-corrected chi connectivity index (χ0v) is 20.4. The largest absolute Gasteiger partial charge is 0.398 e. The van der Waals surface area contributed by atoms with E-state index in [0.717, 1.165) is 16.6 Å². The molecule has 4 rings (SSSR count). The molecule has 0 aliphatic heterocycles. The third-order valence-corrected chi connectivity index (χ3v) is 7.59. The van der Waals surface area contributed by atoms with Crippen molar-refractivity contribution in [2.75, 3.05) is 17.6 Å². The Kier molecular flexibility index (Phi) is 6.99. The average molecular weight is 522 g/mol. The van der Waals surface area contributed by atoms with Gasteiger partial charge in [0, 0.05) is 28.7 Å². The number of hydrogen-bond donors (Lipinski definition) is 3. The molecule has 34 heavy (non-hydrogen) atoms. The molecule has 0 spiro atoms. The minimum absolute atomic E-state index is 0.0230. The molecule has 4 aromatic rings. The predicted molar refractivity (Wildman–Crippen MR) is 135 cm³/mol. The second-order valence-electron chi connectivity index (χ2n) is 7.69. The van der Waals surface area contributed by atoms with Gasteiger partial charge in [-0.1, -0.05) is 42.3 Å². The number of halogens is 3. The fraction of sp³-hybridized carbons (Fsp3) is 0.174. The van der Waals surface area contributed by atoms with Gasteiger partial charge in [-0.15, -0.1) is 0 Å². The summed E-state index contributed by atoms with van der Waals surface area (Å²) in [5.41, 5.74) is 7.71. The van der Waals surface area contributed by atoms with E-state index in [1.54, 1.807) is 24.4 Å². The highest BCUT2D eigenvalue weighted by atomic mass is 35.5. The Hall–Kier alpha value is -2.85. The minimum Gasteiger partial charge on any atom is -0.398 e. The third kappa shape index (κ3) is 4.97. The van der Waals surface area contributed by atoms with Crippen LogP contribution in [0.2, 0.25) is 10.0 Å². The maximum absolute atomic E-state index is 14.2. The summed E-state index contributed by atoms with van der Waals surface area (Å²) in [4.78, 5) is -0.195. The number of aromatic nitrogens is 2. The van der Waals surface area contributed by atoms with Gasteiger partial charge in [-0.25, -0.2) is 22.2 Å². The lowest BCUT2D eigenvalue weighted by atomic mass is 10.2. The highest BCUT2D eigenvalue weighted by Gasteiger charge is 2.25. The summed E-state index contributed by atoms with van der Waals surface area (Å²) in [5.74, 6) is -0.366. The summed E-state index contributed by atoms with van der Waals surface area (Å²) in [5, 5.41) is 8.56. The molecule has 11 heteroatoms. The lowest BCUT2D eigenvalue weighted by Gasteiger charge is -2.20. The molecule has 1 unspecified atom stereocenters. The molecule has 7 nitrogen and oxygen atoms in total. The summed E-state index contributed by atoms with van der Waals surface area (Å²) < 4.78 is 44.2. The van der Waals surface area contributed by atoms with Crippen molar-refractivity contribution < 1.29 is 12.8 Å². The topological polar surface area (TPSA) is 102 Å². The molecule has 0 amide bonds. The number of nitrogens with zero attached hydrogens (tertiary/aromatic N) is 2. The van der Waals surface area contributed by atoms with Crippen molar-refractivity contribution in [2.45, 2.75) is 24.3 Å². The standard InChI is InChI=1S/C23H22Cl2FN5O2S/c1-2-16(30-34(32,33)23-18(25)10-15(24)11-20(23)27)13-28-17-7-8-21-14(9-17)12-29-31(21)22-6-4-3-5-19(22)26/h3-12,16,28,30H,2,13,27H2,1H3. The number of nitrogens with one attached hydrogen (secondary N) is 2.